The molecule has 0 spiro atoms. The van der Waals surface area contributed by atoms with Crippen LogP contribution in [0, 0.1) is 17.3 Å². The fourth-order valence-corrected chi connectivity index (χ4v) is 3.49. The Bertz CT molecular complexity index is 436. The Hall–Kier alpha value is 0.01000. The summed E-state index contributed by atoms with van der Waals surface area (Å²) < 4.78 is 24.1. The highest BCUT2D eigenvalue weighted by atomic mass is 79.9. The standard InChI is InChI=1S/C10H14Br2O6S/c1-4(13)18-7(10(11,12)19(16)17)5-6(8(14)15)9(5,2)3/h5-7H,1-3H3,(H,14,15)(H,16,17). The molecule has 4 unspecified atom stereocenters. The summed E-state index contributed by atoms with van der Waals surface area (Å²) in [7, 11) is 0. The van der Waals surface area contributed by atoms with E-state index >= 15 is 0 Å². The molecule has 1 aliphatic carbocycles. The largest absolute Gasteiger partial charge is 0.481 e. The summed E-state index contributed by atoms with van der Waals surface area (Å²) in [5.74, 6) is -2.98. The second kappa shape index (κ2) is 5.42. The lowest BCUT2D eigenvalue weighted by atomic mass is 10.1. The molecule has 0 radical (unpaired) electrons. The molecular formula is C10H14Br2O6S. The Labute approximate surface area is 129 Å². The minimum atomic E-state index is -2.40. The summed E-state index contributed by atoms with van der Waals surface area (Å²) in [6.07, 6.45) is -1.08. The number of halogens is 2. The topological polar surface area (TPSA) is 101 Å². The van der Waals surface area contributed by atoms with Crippen molar-refractivity contribution in [1.29, 1.82) is 0 Å². The van der Waals surface area contributed by atoms with Crippen LogP contribution in [0.2, 0.25) is 0 Å². The highest BCUT2D eigenvalue weighted by Crippen LogP contribution is 2.63. The van der Waals surface area contributed by atoms with Gasteiger partial charge in [0.2, 0.25) is 2.57 Å². The molecule has 110 valence electrons. The number of carbonyl (C=O) groups is 2. The lowest BCUT2D eigenvalue weighted by Gasteiger charge is -2.28. The van der Waals surface area contributed by atoms with E-state index in [1.807, 2.05) is 0 Å². The zero-order valence-electron chi connectivity index (χ0n) is 10.4. The van der Waals surface area contributed by atoms with E-state index in [2.05, 4.69) is 31.9 Å². The van der Waals surface area contributed by atoms with Crippen molar-refractivity contribution in [1.82, 2.24) is 0 Å². The first-order valence-electron chi connectivity index (χ1n) is 5.32. The predicted octanol–water partition coefficient (Wildman–Crippen LogP) is 1.94. The van der Waals surface area contributed by atoms with Crippen LogP contribution in [-0.2, 0) is 25.4 Å². The lowest BCUT2D eigenvalue weighted by Crippen LogP contribution is -2.41. The molecular weight excluding hydrogens is 408 g/mol. The van der Waals surface area contributed by atoms with Crippen LogP contribution in [0.1, 0.15) is 20.8 Å². The molecule has 6 nitrogen and oxygen atoms in total. The molecule has 4 atom stereocenters. The normalized spacial score (nSPS) is 28.3. The van der Waals surface area contributed by atoms with Crippen LogP contribution in [0.5, 0.6) is 0 Å². The van der Waals surface area contributed by atoms with Gasteiger partial charge in [-0.3, -0.25) is 9.59 Å². The molecule has 1 rings (SSSR count). The quantitative estimate of drug-likeness (QED) is 0.399. The monoisotopic (exact) mass is 420 g/mol. The van der Waals surface area contributed by atoms with Crippen molar-refractivity contribution in [3.05, 3.63) is 0 Å². The average molecular weight is 422 g/mol. The molecule has 0 aromatic rings. The first-order chi connectivity index (χ1) is 8.44. The summed E-state index contributed by atoms with van der Waals surface area (Å²) >= 11 is 3.61. The van der Waals surface area contributed by atoms with Crippen molar-refractivity contribution in [3.63, 3.8) is 0 Å². The fraction of sp³-hybridized carbons (Fsp3) is 0.800. The number of ether oxygens (including phenoxy) is 1. The van der Waals surface area contributed by atoms with Gasteiger partial charge in [-0.05, 0) is 5.41 Å². The van der Waals surface area contributed by atoms with E-state index in [4.69, 9.17) is 9.84 Å². The molecule has 1 fully saturated rings. The minimum absolute atomic E-state index is 0.566. The van der Waals surface area contributed by atoms with Crippen LogP contribution in [-0.4, -0.2) is 34.5 Å². The van der Waals surface area contributed by atoms with E-state index in [1.54, 1.807) is 13.8 Å². The van der Waals surface area contributed by atoms with Gasteiger partial charge in [-0.1, -0.05) is 45.7 Å². The SMILES string of the molecule is CC(=O)OC(C1C(C(=O)O)C1(C)C)C(Br)(Br)S(=O)O. The number of carboxylic acids is 1. The second-order valence-electron chi connectivity index (χ2n) is 5.00. The third-order valence-corrected chi connectivity index (χ3v) is 6.62. The van der Waals surface area contributed by atoms with Crippen molar-refractivity contribution in [2.45, 2.75) is 29.4 Å². The number of aliphatic carboxylic acids is 1. The van der Waals surface area contributed by atoms with Gasteiger partial charge in [-0.2, -0.15) is 0 Å². The van der Waals surface area contributed by atoms with E-state index < -0.39 is 48.9 Å². The second-order valence-corrected chi connectivity index (χ2v) is 10.8. The van der Waals surface area contributed by atoms with Gasteiger partial charge in [0.1, 0.15) is 6.10 Å². The van der Waals surface area contributed by atoms with E-state index in [1.165, 1.54) is 0 Å². The number of carboxylic acid groups (broad SMARTS) is 1. The molecule has 0 saturated heterocycles. The van der Waals surface area contributed by atoms with Crippen molar-refractivity contribution < 1.29 is 28.2 Å². The lowest BCUT2D eigenvalue weighted by molar-refractivity contribution is -0.149. The smallest absolute Gasteiger partial charge is 0.307 e. The van der Waals surface area contributed by atoms with E-state index in [-0.39, 0.29) is 0 Å². The molecule has 19 heavy (non-hydrogen) atoms. The number of hydrogen-bond donors (Lipinski definition) is 2. The first-order valence-corrected chi connectivity index (χ1v) is 8.02. The molecule has 0 heterocycles. The maximum absolute atomic E-state index is 11.3. The number of alkyl halides is 2. The summed E-state index contributed by atoms with van der Waals surface area (Å²) in [5, 5.41) is 9.14. The van der Waals surface area contributed by atoms with Gasteiger partial charge in [0.25, 0.3) is 0 Å². The highest BCUT2D eigenvalue weighted by molar-refractivity contribution is 9.27. The van der Waals surface area contributed by atoms with Crippen molar-refractivity contribution >= 4 is 54.9 Å². The minimum Gasteiger partial charge on any atom is -0.481 e. The summed E-state index contributed by atoms with van der Waals surface area (Å²) in [4.78, 5) is 22.3. The summed E-state index contributed by atoms with van der Waals surface area (Å²) in [5.41, 5.74) is -0.627. The molecule has 0 bridgehead atoms. The summed E-state index contributed by atoms with van der Waals surface area (Å²) in [6, 6.07) is 0. The molecule has 2 N–H and O–H groups in total. The molecule has 0 aromatic heterocycles. The highest BCUT2D eigenvalue weighted by Gasteiger charge is 2.70. The van der Waals surface area contributed by atoms with Crippen molar-refractivity contribution in [3.8, 4) is 0 Å². The zero-order valence-corrected chi connectivity index (χ0v) is 14.4. The van der Waals surface area contributed by atoms with Gasteiger partial charge in [-0.15, -0.1) is 0 Å². The molecule has 1 saturated carbocycles. The Morgan fingerprint density at radius 3 is 2.16 bits per heavy atom. The molecule has 0 amide bonds. The predicted molar refractivity (Wildman–Crippen MR) is 75.3 cm³/mol. The Morgan fingerprint density at radius 1 is 1.42 bits per heavy atom. The van der Waals surface area contributed by atoms with Gasteiger partial charge < -0.3 is 14.4 Å². The van der Waals surface area contributed by atoms with Crippen molar-refractivity contribution in [2.24, 2.45) is 17.3 Å². The fourth-order valence-electron chi connectivity index (χ4n) is 2.34. The summed E-state index contributed by atoms with van der Waals surface area (Å²) in [6.45, 7) is 4.58. The van der Waals surface area contributed by atoms with Crippen LogP contribution in [0.3, 0.4) is 0 Å². The Morgan fingerprint density at radius 2 is 1.89 bits per heavy atom. The maximum Gasteiger partial charge on any atom is 0.307 e. The number of carbonyl (C=O) groups excluding carboxylic acids is 1. The van der Waals surface area contributed by atoms with E-state index in [0.717, 1.165) is 6.92 Å². The zero-order chi connectivity index (χ0) is 15.2. The van der Waals surface area contributed by atoms with Crippen LogP contribution >= 0.6 is 31.9 Å². The molecule has 9 heteroatoms. The van der Waals surface area contributed by atoms with Crippen LogP contribution in [0.25, 0.3) is 0 Å². The average Bonchev–Trinajstić information content (AvgIpc) is 2.76. The van der Waals surface area contributed by atoms with Gasteiger partial charge in [0.15, 0.2) is 11.1 Å². The molecule has 1 aliphatic rings. The third-order valence-electron chi connectivity index (χ3n) is 3.36. The van der Waals surface area contributed by atoms with Crippen LogP contribution < -0.4 is 0 Å². The number of hydrogen-bond acceptors (Lipinski definition) is 4. The maximum atomic E-state index is 11.3. The molecule has 0 aliphatic heterocycles. The van der Waals surface area contributed by atoms with Gasteiger partial charge in [0.05, 0.1) is 5.92 Å². The first kappa shape index (κ1) is 17.1. The van der Waals surface area contributed by atoms with Gasteiger partial charge in [0, 0.05) is 12.8 Å². The van der Waals surface area contributed by atoms with Gasteiger partial charge >= 0.3 is 11.9 Å². The van der Waals surface area contributed by atoms with Crippen molar-refractivity contribution in [2.75, 3.05) is 0 Å². The Balaban J connectivity index is 3.11. The van der Waals surface area contributed by atoms with Crippen LogP contribution in [0.15, 0.2) is 0 Å². The Kier molecular flexibility index (Phi) is 4.87. The number of rotatable bonds is 5. The third kappa shape index (κ3) is 3.20. The molecule has 0 aromatic carbocycles. The van der Waals surface area contributed by atoms with Crippen LogP contribution in [0.4, 0.5) is 0 Å². The van der Waals surface area contributed by atoms with Gasteiger partial charge in [-0.25, -0.2) is 4.21 Å². The van der Waals surface area contributed by atoms with E-state index in [0.29, 0.717) is 0 Å². The number of esters is 1. The van der Waals surface area contributed by atoms with E-state index in [9.17, 15) is 18.4 Å².